The number of hydrogen-bond donors (Lipinski definition) is 0. The maximum Gasteiger partial charge on any atom is 0.342 e. The summed E-state index contributed by atoms with van der Waals surface area (Å²) < 4.78 is 23.1. The standard InChI is InChI=1S/C21H22O7/c1-19-6-12-21(28-12)15(10(19)4-5-11(19)22)16(23)17-14-9(7-26-17)18(24)27-13(8-25-3)20(14,21)2/h7,10,12-13,15H,4-6,8H2,1-3H3/t10-,12+,13+,15+,19-,20-,21+/m0/s1. The third-order valence-electron chi connectivity index (χ3n) is 8.43. The molecule has 3 fully saturated rings. The van der Waals surface area contributed by atoms with Gasteiger partial charge in [-0.1, -0.05) is 6.92 Å². The molecule has 28 heavy (non-hydrogen) atoms. The number of Topliss-reactive ketones (excluding diaryl/α,β-unsaturated/α-hetero) is 2. The molecule has 3 aliphatic carbocycles. The fourth-order valence-corrected chi connectivity index (χ4v) is 7.02. The molecule has 2 saturated carbocycles. The molecule has 1 aromatic rings. The lowest BCUT2D eigenvalue weighted by Gasteiger charge is -2.53. The van der Waals surface area contributed by atoms with E-state index >= 15 is 0 Å². The van der Waals surface area contributed by atoms with Crippen molar-refractivity contribution in [3.8, 4) is 0 Å². The van der Waals surface area contributed by atoms with Crippen molar-refractivity contribution in [1.29, 1.82) is 0 Å². The molecule has 5 aliphatic rings. The first-order valence-electron chi connectivity index (χ1n) is 9.88. The number of esters is 1. The van der Waals surface area contributed by atoms with Crippen molar-refractivity contribution in [2.24, 2.45) is 17.3 Å². The second-order valence-corrected chi connectivity index (χ2v) is 9.34. The Bertz CT molecular complexity index is 962. The second kappa shape index (κ2) is 4.76. The van der Waals surface area contributed by atoms with E-state index in [-0.39, 0.29) is 36.0 Å². The Hall–Kier alpha value is -1.99. The van der Waals surface area contributed by atoms with Crippen molar-refractivity contribution < 1.29 is 33.0 Å². The first-order valence-corrected chi connectivity index (χ1v) is 9.88. The maximum atomic E-state index is 13.6. The predicted molar refractivity (Wildman–Crippen MR) is 93.0 cm³/mol. The van der Waals surface area contributed by atoms with Crippen LogP contribution in [-0.4, -0.2) is 49.1 Å². The minimum atomic E-state index is -0.783. The smallest absolute Gasteiger partial charge is 0.342 e. The van der Waals surface area contributed by atoms with Gasteiger partial charge < -0.3 is 18.6 Å². The average Bonchev–Trinajstić information content (AvgIpc) is 3.04. The van der Waals surface area contributed by atoms with Crippen LogP contribution in [0.15, 0.2) is 10.7 Å². The zero-order chi connectivity index (χ0) is 19.6. The predicted octanol–water partition coefficient (Wildman–Crippen LogP) is 2.06. The van der Waals surface area contributed by atoms with E-state index in [2.05, 4.69) is 0 Å². The summed E-state index contributed by atoms with van der Waals surface area (Å²) in [6, 6.07) is 0. The Morgan fingerprint density at radius 3 is 2.79 bits per heavy atom. The molecule has 1 spiro atoms. The summed E-state index contributed by atoms with van der Waals surface area (Å²) in [6.45, 7) is 4.18. The van der Waals surface area contributed by atoms with E-state index in [0.717, 1.165) is 0 Å². The number of hydrogen-bond acceptors (Lipinski definition) is 7. The Kier molecular flexibility index (Phi) is 2.88. The van der Waals surface area contributed by atoms with Gasteiger partial charge in [0.1, 0.15) is 29.3 Å². The zero-order valence-corrected chi connectivity index (χ0v) is 16.1. The van der Waals surface area contributed by atoms with Crippen LogP contribution in [0.2, 0.25) is 0 Å². The third-order valence-corrected chi connectivity index (χ3v) is 8.43. The first-order chi connectivity index (χ1) is 13.3. The summed E-state index contributed by atoms with van der Waals surface area (Å²) in [5.41, 5.74) is -1.19. The molecule has 7 nitrogen and oxygen atoms in total. The van der Waals surface area contributed by atoms with Crippen molar-refractivity contribution in [3.05, 3.63) is 23.2 Å². The highest BCUT2D eigenvalue weighted by Crippen LogP contribution is 2.73. The van der Waals surface area contributed by atoms with Gasteiger partial charge in [-0.25, -0.2) is 4.79 Å². The third kappa shape index (κ3) is 1.50. The van der Waals surface area contributed by atoms with Crippen LogP contribution >= 0.6 is 0 Å². The molecule has 0 bridgehead atoms. The SMILES string of the molecule is COC[C@H]1OC(=O)c2coc3c2[C@@]1(C)[C@@]12O[C@@H]1C[C@]1(C)C(=O)CC[C@H]1[C@@H]2C3=O. The molecule has 7 atom stereocenters. The van der Waals surface area contributed by atoms with Crippen LogP contribution in [-0.2, 0) is 24.4 Å². The Morgan fingerprint density at radius 2 is 2.04 bits per heavy atom. The van der Waals surface area contributed by atoms with Gasteiger partial charge in [-0.3, -0.25) is 9.59 Å². The van der Waals surface area contributed by atoms with Crippen molar-refractivity contribution >= 4 is 17.5 Å². The molecular formula is C21H22O7. The number of rotatable bonds is 2. The second-order valence-electron chi connectivity index (χ2n) is 9.34. The number of carbonyl (C=O) groups is 3. The lowest BCUT2D eigenvalue weighted by molar-refractivity contribution is -0.129. The first kappa shape index (κ1) is 16.9. The number of ether oxygens (including phenoxy) is 3. The van der Waals surface area contributed by atoms with E-state index in [1.165, 1.54) is 6.26 Å². The number of epoxide rings is 1. The molecule has 6 rings (SSSR count). The molecule has 2 aliphatic heterocycles. The van der Waals surface area contributed by atoms with Crippen LogP contribution in [0.3, 0.4) is 0 Å². The largest absolute Gasteiger partial charge is 0.460 e. The number of ketones is 2. The Labute approximate surface area is 161 Å². The highest BCUT2D eigenvalue weighted by molar-refractivity contribution is 6.06. The Balaban J connectivity index is 1.62. The van der Waals surface area contributed by atoms with Crippen LogP contribution in [0.4, 0.5) is 0 Å². The van der Waals surface area contributed by atoms with E-state index in [9.17, 15) is 14.4 Å². The molecule has 1 saturated heterocycles. The molecule has 148 valence electrons. The van der Waals surface area contributed by atoms with Gasteiger partial charge in [-0.05, 0) is 25.7 Å². The summed E-state index contributed by atoms with van der Waals surface area (Å²) in [5, 5.41) is 0. The molecule has 0 radical (unpaired) electrons. The van der Waals surface area contributed by atoms with Gasteiger partial charge in [-0.2, -0.15) is 0 Å². The molecule has 0 aromatic carbocycles. The summed E-state index contributed by atoms with van der Waals surface area (Å²) in [7, 11) is 1.56. The number of cyclic esters (lactones) is 1. The minimum absolute atomic E-state index is 0.0920. The highest BCUT2D eigenvalue weighted by atomic mass is 16.6. The van der Waals surface area contributed by atoms with E-state index < -0.39 is 34.4 Å². The maximum absolute atomic E-state index is 13.6. The topological polar surface area (TPSA) is 95.3 Å². The molecule has 1 aromatic heterocycles. The molecular weight excluding hydrogens is 364 g/mol. The highest BCUT2D eigenvalue weighted by Gasteiger charge is 2.84. The normalized spacial score (nSPS) is 47.8. The molecule has 0 unspecified atom stereocenters. The van der Waals surface area contributed by atoms with E-state index in [1.807, 2.05) is 13.8 Å². The van der Waals surface area contributed by atoms with Gasteiger partial charge in [0.2, 0.25) is 5.78 Å². The van der Waals surface area contributed by atoms with Crippen molar-refractivity contribution in [3.63, 3.8) is 0 Å². The quantitative estimate of drug-likeness (QED) is 0.567. The number of furan rings is 1. The minimum Gasteiger partial charge on any atom is -0.460 e. The fraction of sp³-hybridized carbons (Fsp3) is 0.667. The van der Waals surface area contributed by atoms with Gasteiger partial charge in [-0.15, -0.1) is 0 Å². The number of fused-ring (bicyclic) bond motifs is 2. The Morgan fingerprint density at radius 1 is 1.25 bits per heavy atom. The van der Waals surface area contributed by atoms with Crippen molar-refractivity contribution in [2.45, 2.75) is 56.3 Å². The molecule has 0 amide bonds. The van der Waals surface area contributed by atoms with Crippen LogP contribution in [0.1, 0.15) is 59.6 Å². The summed E-state index contributed by atoms with van der Waals surface area (Å²) in [6.07, 6.45) is 2.30. The van der Waals surface area contributed by atoms with E-state index in [0.29, 0.717) is 30.4 Å². The van der Waals surface area contributed by atoms with E-state index in [4.69, 9.17) is 18.6 Å². The monoisotopic (exact) mass is 386 g/mol. The lowest BCUT2D eigenvalue weighted by Crippen LogP contribution is -2.67. The van der Waals surface area contributed by atoms with Crippen LogP contribution < -0.4 is 0 Å². The van der Waals surface area contributed by atoms with Crippen LogP contribution in [0.5, 0.6) is 0 Å². The van der Waals surface area contributed by atoms with Crippen LogP contribution in [0.25, 0.3) is 0 Å². The lowest BCUT2D eigenvalue weighted by atomic mass is 9.47. The van der Waals surface area contributed by atoms with Crippen LogP contribution in [0, 0.1) is 17.3 Å². The average molecular weight is 386 g/mol. The summed E-state index contributed by atoms with van der Waals surface area (Å²) in [5.74, 6) is -0.766. The van der Waals surface area contributed by atoms with Gasteiger partial charge in [0, 0.05) is 24.5 Å². The summed E-state index contributed by atoms with van der Waals surface area (Å²) in [4.78, 5) is 38.9. The van der Waals surface area contributed by atoms with Crippen molar-refractivity contribution in [2.75, 3.05) is 13.7 Å². The number of carbonyl (C=O) groups excluding carboxylic acids is 3. The summed E-state index contributed by atoms with van der Waals surface area (Å²) >= 11 is 0. The zero-order valence-electron chi connectivity index (χ0n) is 16.1. The number of methoxy groups -OCH3 is 1. The molecule has 3 heterocycles. The van der Waals surface area contributed by atoms with Gasteiger partial charge in [0.25, 0.3) is 0 Å². The van der Waals surface area contributed by atoms with Crippen molar-refractivity contribution in [1.82, 2.24) is 0 Å². The van der Waals surface area contributed by atoms with Gasteiger partial charge in [0.15, 0.2) is 5.76 Å². The van der Waals surface area contributed by atoms with Gasteiger partial charge in [0.05, 0.1) is 24.0 Å². The fourth-order valence-electron chi connectivity index (χ4n) is 7.02. The molecule has 7 heteroatoms. The van der Waals surface area contributed by atoms with Gasteiger partial charge >= 0.3 is 5.97 Å². The van der Waals surface area contributed by atoms with E-state index in [1.54, 1.807) is 7.11 Å². The molecule has 0 N–H and O–H groups in total.